The molecule has 2 aromatic heterocycles. The largest absolute Gasteiger partial charge is 0.454 e. The van der Waals surface area contributed by atoms with Gasteiger partial charge in [0.1, 0.15) is 18.2 Å². The molecule has 3 nitrogen and oxygen atoms in total. The van der Waals surface area contributed by atoms with Crippen LogP contribution in [-0.4, -0.2) is 0 Å². The first kappa shape index (κ1) is 21.8. The lowest BCUT2D eigenvalue weighted by atomic mass is 9.95. The minimum atomic E-state index is 0.605. The number of rotatable bonds is 3. The maximum Gasteiger partial charge on any atom is 0.216 e. The van der Waals surface area contributed by atoms with E-state index in [-0.39, 0.29) is 0 Å². The number of hydrogen-bond donors (Lipinski definition) is 0. The fourth-order valence-electron chi connectivity index (χ4n) is 5.17. The van der Waals surface area contributed by atoms with Gasteiger partial charge in [-0.2, -0.15) is 5.26 Å². The fraction of sp³-hybridized carbons (Fsp3) is 0.0909. The van der Waals surface area contributed by atoms with Gasteiger partial charge in [0.2, 0.25) is 5.69 Å². The molecule has 0 fully saturated rings. The Morgan fingerprint density at radius 2 is 1.31 bits per heavy atom. The number of nitriles is 1. The van der Waals surface area contributed by atoms with Crippen LogP contribution >= 0.6 is 0 Å². The van der Waals surface area contributed by atoms with E-state index in [2.05, 4.69) is 98.4 Å². The zero-order chi connectivity index (χ0) is 24.8. The highest BCUT2D eigenvalue weighted by molar-refractivity contribution is 6.14. The second-order valence-corrected chi connectivity index (χ2v) is 9.36. The SMILES string of the molecule is Cc1ccc(-c2c(C)ccc3c2oc2c(-c4ccc(-c5ccccc5)cc4)c(C#N)ccc23)[n+](C)c1. The van der Waals surface area contributed by atoms with Gasteiger partial charge in [0.05, 0.1) is 17.2 Å². The number of furan rings is 1. The second-order valence-electron chi connectivity index (χ2n) is 9.36. The minimum Gasteiger partial charge on any atom is -0.454 e. The number of hydrogen-bond acceptors (Lipinski definition) is 2. The third-order valence-corrected chi connectivity index (χ3v) is 6.96. The summed E-state index contributed by atoms with van der Waals surface area (Å²) in [5.41, 5.74) is 10.8. The van der Waals surface area contributed by atoms with E-state index < -0.39 is 0 Å². The molecule has 0 radical (unpaired) electrons. The van der Waals surface area contributed by atoms with Gasteiger partial charge in [0.15, 0.2) is 6.20 Å². The predicted molar refractivity (Wildman–Crippen MR) is 145 cm³/mol. The van der Waals surface area contributed by atoms with Gasteiger partial charge in [-0.3, -0.25) is 0 Å². The third-order valence-electron chi connectivity index (χ3n) is 6.96. The first-order valence-corrected chi connectivity index (χ1v) is 12.1. The molecule has 0 aliphatic rings. The van der Waals surface area contributed by atoms with Crippen molar-refractivity contribution in [3.8, 4) is 39.6 Å². The van der Waals surface area contributed by atoms with Crippen molar-refractivity contribution in [1.29, 1.82) is 5.26 Å². The summed E-state index contributed by atoms with van der Waals surface area (Å²) in [4.78, 5) is 0. The van der Waals surface area contributed by atoms with E-state index in [0.717, 1.165) is 61.0 Å². The van der Waals surface area contributed by atoms with Crippen molar-refractivity contribution in [2.24, 2.45) is 7.05 Å². The molecule has 0 spiro atoms. The molecular weight excluding hydrogens is 440 g/mol. The van der Waals surface area contributed by atoms with Crippen LogP contribution in [0, 0.1) is 25.2 Å². The van der Waals surface area contributed by atoms with Crippen LogP contribution in [0.2, 0.25) is 0 Å². The van der Waals surface area contributed by atoms with Gasteiger partial charge < -0.3 is 4.42 Å². The van der Waals surface area contributed by atoms with Crippen molar-refractivity contribution < 1.29 is 8.98 Å². The molecule has 3 heteroatoms. The fourth-order valence-corrected chi connectivity index (χ4v) is 5.17. The maximum atomic E-state index is 9.99. The van der Waals surface area contributed by atoms with E-state index in [1.165, 1.54) is 5.56 Å². The standard InChI is InChI=1S/C33H25N2O/c1-21-9-18-29(35(3)20-21)30-22(2)10-16-27-28-17-15-26(19-34)31(33(28)36-32(27)30)25-13-11-24(12-14-25)23-7-5-4-6-8-23/h4-18,20H,1-3H3/q+1. The van der Waals surface area contributed by atoms with Crippen molar-refractivity contribution in [2.75, 3.05) is 0 Å². The van der Waals surface area contributed by atoms with E-state index in [1.807, 2.05) is 30.3 Å². The Labute approximate surface area is 210 Å². The van der Waals surface area contributed by atoms with E-state index in [0.29, 0.717) is 5.56 Å². The molecule has 4 aromatic carbocycles. The molecule has 0 aliphatic carbocycles. The van der Waals surface area contributed by atoms with Crippen molar-refractivity contribution in [1.82, 2.24) is 0 Å². The number of fused-ring (bicyclic) bond motifs is 3. The lowest BCUT2D eigenvalue weighted by Gasteiger charge is -2.07. The Morgan fingerprint density at radius 1 is 0.667 bits per heavy atom. The van der Waals surface area contributed by atoms with Crippen molar-refractivity contribution >= 4 is 21.9 Å². The van der Waals surface area contributed by atoms with E-state index in [9.17, 15) is 5.26 Å². The Balaban J connectivity index is 1.61. The molecular formula is C33H25N2O+. The maximum absolute atomic E-state index is 9.99. The van der Waals surface area contributed by atoms with Gasteiger partial charge in [-0.15, -0.1) is 0 Å². The van der Waals surface area contributed by atoms with Crippen LogP contribution in [0.15, 0.2) is 102 Å². The first-order valence-electron chi connectivity index (χ1n) is 12.1. The van der Waals surface area contributed by atoms with Crippen LogP contribution < -0.4 is 4.57 Å². The monoisotopic (exact) mass is 465 g/mol. The lowest BCUT2D eigenvalue weighted by Crippen LogP contribution is -2.31. The summed E-state index contributed by atoms with van der Waals surface area (Å²) in [6.45, 7) is 4.21. The van der Waals surface area contributed by atoms with Crippen LogP contribution in [-0.2, 0) is 7.05 Å². The highest BCUT2D eigenvalue weighted by Gasteiger charge is 2.23. The summed E-state index contributed by atoms with van der Waals surface area (Å²) in [6, 6.07) is 33.5. The average molecular weight is 466 g/mol. The number of aryl methyl sites for hydroxylation is 3. The van der Waals surface area contributed by atoms with Crippen molar-refractivity contribution in [2.45, 2.75) is 13.8 Å². The second kappa shape index (κ2) is 8.52. The molecule has 0 saturated heterocycles. The molecule has 6 aromatic rings. The summed E-state index contributed by atoms with van der Waals surface area (Å²) < 4.78 is 8.83. The Morgan fingerprint density at radius 3 is 2.00 bits per heavy atom. The van der Waals surface area contributed by atoms with Crippen LogP contribution in [0.25, 0.3) is 55.4 Å². The van der Waals surface area contributed by atoms with Gasteiger partial charge in [0.25, 0.3) is 0 Å². The third kappa shape index (κ3) is 3.47. The topological polar surface area (TPSA) is 40.8 Å². The van der Waals surface area contributed by atoms with Crippen molar-refractivity contribution in [3.05, 3.63) is 114 Å². The molecule has 36 heavy (non-hydrogen) atoms. The number of aromatic nitrogens is 1. The molecule has 0 amide bonds. The van der Waals surface area contributed by atoms with Crippen LogP contribution in [0.3, 0.4) is 0 Å². The molecule has 0 N–H and O–H groups in total. The molecule has 0 unspecified atom stereocenters. The van der Waals surface area contributed by atoms with Gasteiger partial charge in [0, 0.05) is 28.0 Å². The first-order chi connectivity index (χ1) is 17.5. The van der Waals surface area contributed by atoms with Crippen LogP contribution in [0.1, 0.15) is 16.7 Å². The number of pyridine rings is 1. The van der Waals surface area contributed by atoms with Gasteiger partial charge in [-0.05, 0) is 54.3 Å². The average Bonchev–Trinajstić information content (AvgIpc) is 3.28. The van der Waals surface area contributed by atoms with Crippen LogP contribution in [0.4, 0.5) is 0 Å². The Hall–Kier alpha value is -4.68. The smallest absolute Gasteiger partial charge is 0.216 e. The zero-order valence-electron chi connectivity index (χ0n) is 20.5. The summed E-state index contributed by atoms with van der Waals surface area (Å²) >= 11 is 0. The van der Waals surface area contributed by atoms with Crippen LogP contribution in [0.5, 0.6) is 0 Å². The Kier molecular flexibility index (Phi) is 5.16. The molecule has 0 bridgehead atoms. The van der Waals surface area contributed by atoms with Gasteiger partial charge in [-0.25, -0.2) is 4.57 Å². The number of nitrogens with zero attached hydrogens (tertiary/aromatic N) is 2. The zero-order valence-corrected chi connectivity index (χ0v) is 20.5. The summed E-state index contributed by atoms with van der Waals surface area (Å²) in [6.07, 6.45) is 2.13. The van der Waals surface area contributed by atoms with E-state index >= 15 is 0 Å². The number of benzene rings is 4. The molecule has 0 aliphatic heterocycles. The van der Waals surface area contributed by atoms with E-state index in [4.69, 9.17) is 4.42 Å². The van der Waals surface area contributed by atoms with Gasteiger partial charge >= 0.3 is 0 Å². The lowest BCUT2D eigenvalue weighted by molar-refractivity contribution is -0.660. The minimum absolute atomic E-state index is 0.605. The Bertz CT molecular complexity index is 1800. The molecule has 172 valence electrons. The highest BCUT2D eigenvalue weighted by atomic mass is 16.3. The molecule has 6 rings (SSSR count). The quantitative estimate of drug-likeness (QED) is 0.249. The summed E-state index contributed by atoms with van der Waals surface area (Å²) in [7, 11) is 2.07. The normalized spacial score (nSPS) is 11.2. The summed E-state index contributed by atoms with van der Waals surface area (Å²) in [5, 5.41) is 12.1. The van der Waals surface area contributed by atoms with Crippen molar-refractivity contribution in [3.63, 3.8) is 0 Å². The molecule has 0 saturated carbocycles. The van der Waals surface area contributed by atoms with E-state index in [1.54, 1.807) is 0 Å². The summed E-state index contributed by atoms with van der Waals surface area (Å²) in [5.74, 6) is 0. The predicted octanol–water partition coefficient (Wildman–Crippen LogP) is 7.90. The molecule has 0 atom stereocenters. The highest BCUT2D eigenvalue weighted by Crippen LogP contribution is 2.42. The molecule has 2 heterocycles. The van der Waals surface area contributed by atoms with Gasteiger partial charge in [-0.1, -0.05) is 66.7 Å².